The lowest BCUT2D eigenvalue weighted by Gasteiger charge is -2.15. The van der Waals surface area contributed by atoms with Crippen molar-refractivity contribution in [2.45, 2.75) is 26.9 Å². The zero-order valence-corrected chi connectivity index (χ0v) is 17.9. The normalized spacial score (nSPS) is 11.4. The molecular weight excluding hydrogens is 390 g/mol. The molecule has 0 unspecified atom stereocenters. The van der Waals surface area contributed by atoms with Gasteiger partial charge in [-0.15, -0.1) is 0 Å². The molecule has 3 aromatic rings. The minimum Gasteiger partial charge on any atom is -0.493 e. The maximum Gasteiger partial charge on any atom is 0.297 e. The maximum absolute atomic E-state index is 13.0. The Morgan fingerprint density at radius 2 is 1.86 bits per heavy atom. The number of aliphatic imine (C=N–C) groups is 1. The van der Waals surface area contributed by atoms with Crippen LogP contribution in [0.15, 0.2) is 52.3 Å². The number of para-hydroxylation sites is 1. The molecule has 1 aromatic heterocycles. The lowest BCUT2D eigenvalue weighted by Crippen LogP contribution is -2.19. The van der Waals surface area contributed by atoms with Gasteiger partial charge in [0.2, 0.25) is 0 Å². The summed E-state index contributed by atoms with van der Waals surface area (Å²) in [5, 5.41) is 0.422. The second kappa shape index (κ2) is 8.57. The van der Waals surface area contributed by atoms with Gasteiger partial charge in [-0.2, -0.15) is 0 Å². The Hall–Kier alpha value is -2.99. The van der Waals surface area contributed by atoms with Crippen LogP contribution in [-0.4, -0.2) is 28.8 Å². The zero-order valence-electron chi connectivity index (χ0n) is 17.1. The molecule has 0 bridgehead atoms. The van der Waals surface area contributed by atoms with Gasteiger partial charge in [-0.25, -0.2) is 9.67 Å². The summed E-state index contributed by atoms with van der Waals surface area (Å²) >= 11 is 6.37. The Labute approximate surface area is 175 Å². The Morgan fingerprint density at radius 1 is 1.17 bits per heavy atom. The van der Waals surface area contributed by atoms with Gasteiger partial charge in [0, 0.05) is 13.3 Å². The van der Waals surface area contributed by atoms with Crippen LogP contribution in [0.3, 0.4) is 0 Å². The predicted molar refractivity (Wildman–Crippen MR) is 117 cm³/mol. The highest BCUT2D eigenvalue weighted by Gasteiger charge is 2.16. The summed E-state index contributed by atoms with van der Waals surface area (Å²) in [5.74, 6) is 1.00. The predicted octanol–water partition coefficient (Wildman–Crippen LogP) is 4.68. The van der Waals surface area contributed by atoms with Crippen molar-refractivity contribution in [1.82, 2.24) is 9.36 Å². The topological polar surface area (TPSA) is 57.8 Å². The molecule has 2 aromatic carbocycles. The van der Waals surface area contributed by atoms with Crippen molar-refractivity contribution in [3.63, 3.8) is 0 Å². The molecule has 6 nitrogen and oxygen atoms in total. The van der Waals surface area contributed by atoms with Crippen LogP contribution in [0.4, 0.5) is 5.69 Å². The van der Waals surface area contributed by atoms with Crippen LogP contribution in [0.25, 0.3) is 5.69 Å². The molecule has 1 heterocycles. The fraction of sp³-hybridized carbons (Fsp3) is 0.273. The summed E-state index contributed by atoms with van der Waals surface area (Å²) in [4.78, 5) is 17.4. The third-order valence-corrected chi connectivity index (χ3v) is 4.75. The number of methoxy groups -OCH3 is 1. The van der Waals surface area contributed by atoms with Crippen LogP contribution >= 0.6 is 11.6 Å². The summed E-state index contributed by atoms with van der Waals surface area (Å²) < 4.78 is 14.5. The molecule has 0 aliphatic carbocycles. The highest BCUT2D eigenvalue weighted by Crippen LogP contribution is 2.36. The number of benzene rings is 2. The summed E-state index contributed by atoms with van der Waals surface area (Å²) in [6.07, 6.45) is 1.57. The molecule has 0 amide bonds. The number of hydrogen-bond donors (Lipinski definition) is 0. The van der Waals surface area contributed by atoms with Crippen molar-refractivity contribution in [2.75, 3.05) is 7.11 Å². The van der Waals surface area contributed by atoms with Crippen molar-refractivity contribution in [3.8, 4) is 17.2 Å². The van der Waals surface area contributed by atoms with E-state index in [2.05, 4.69) is 4.99 Å². The Kier molecular flexibility index (Phi) is 6.13. The van der Waals surface area contributed by atoms with Crippen LogP contribution in [0.1, 0.15) is 25.1 Å². The number of halogens is 1. The van der Waals surface area contributed by atoms with E-state index in [4.69, 9.17) is 21.1 Å². The smallest absolute Gasteiger partial charge is 0.297 e. The molecule has 0 saturated carbocycles. The van der Waals surface area contributed by atoms with Crippen molar-refractivity contribution >= 4 is 23.5 Å². The summed E-state index contributed by atoms with van der Waals surface area (Å²) in [6, 6.07) is 13.0. The number of rotatable bonds is 6. The third-order valence-electron chi connectivity index (χ3n) is 4.47. The van der Waals surface area contributed by atoms with E-state index in [0.717, 1.165) is 11.4 Å². The molecule has 152 valence electrons. The minimum atomic E-state index is -0.190. The van der Waals surface area contributed by atoms with Gasteiger partial charge in [-0.1, -0.05) is 29.8 Å². The molecule has 7 heteroatoms. The summed E-state index contributed by atoms with van der Waals surface area (Å²) in [6.45, 7) is 5.70. The average molecular weight is 414 g/mol. The second-order valence-corrected chi connectivity index (χ2v) is 7.28. The Morgan fingerprint density at radius 3 is 2.48 bits per heavy atom. The van der Waals surface area contributed by atoms with Gasteiger partial charge >= 0.3 is 0 Å². The van der Waals surface area contributed by atoms with Gasteiger partial charge in [-0.3, -0.25) is 9.48 Å². The monoisotopic (exact) mass is 413 g/mol. The molecule has 0 aliphatic heterocycles. The van der Waals surface area contributed by atoms with E-state index in [-0.39, 0.29) is 11.7 Å². The number of aromatic nitrogens is 2. The first kappa shape index (κ1) is 20.7. The van der Waals surface area contributed by atoms with Gasteiger partial charge in [0.05, 0.1) is 29.6 Å². The van der Waals surface area contributed by atoms with Crippen LogP contribution in [0, 0.1) is 6.92 Å². The first-order chi connectivity index (χ1) is 13.8. The molecule has 0 fully saturated rings. The van der Waals surface area contributed by atoms with Crippen molar-refractivity contribution < 1.29 is 9.47 Å². The lowest BCUT2D eigenvalue weighted by atomic mass is 10.2. The standard InChI is InChI=1S/C22H24ClN3O3/c1-14(2)29-21-18(23)11-16(12-19(21)28-5)13-24-20-15(3)25(4)26(22(20)27)17-9-7-6-8-10-17/h6-14H,1-5H3. The Balaban J connectivity index is 2.01. The van der Waals surface area contributed by atoms with Crippen LogP contribution < -0.4 is 15.0 Å². The van der Waals surface area contributed by atoms with Gasteiger partial charge in [0.15, 0.2) is 17.2 Å². The largest absolute Gasteiger partial charge is 0.493 e. The highest BCUT2D eigenvalue weighted by atomic mass is 35.5. The molecule has 0 spiro atoms. The SMILES string of the molecule is COc1cc(C=Nc2c(C)n(C)n(-c3ccccc3)c2=O)cc(Cl)c1OC(C)C. The van der Waals surface area contributed by atoms with Crippen LogP contribution in [-0.2, 0) is 7.05 Å². The van der Waals surface area contributed by atoms with Gasteiger partial charge in [0.1, 0.15) is 0 Å². The lowest BCUT2D eigenvalue weighted by molar-refractivity contribution is 0.230. The molecule has 29 heavy (non-hydrogen) atoms. The minimum absolute atomic E-state index is 0.0376. The fourth-order valence-electron chi connectivity index (χ4n) is 3.01. The molecular formula is C22H24ClN3O3. The van der Waals surface area contributed by atoms with Gasteiger partial charge in [0.25, 0.3) is 5.56 Å². The van der Waals surface area contributed by atoms with Crippen LogP contribution in [0.5, 0.6) is 11.5 Å². The molecule has 0 aliphatic rings. The summed E-state index contributed by atoms with van der Waals surface area (Å²) in [7, 11) is 3.39. The fourth-order valence-corrected chi connectivity index (χ4v) is 3.27. The quantitative estimate of drug-likeness (QED) is 0.551. The Bertz CT molecular complexity index is 1100. The van der Waals surface area contributed by atoms with E-state index < -0.39 is 0 Å². The van der Waals surface area contributed by atoms with E-state index in [1.807, 2.05) is 58.2 Å². The first-order valence-electron chi connectivity index (χ1n) is 9.25. The molecule has 0 radical (unpaired) electrons. The number of ether oxygens (including phenoxy) is 2. The van der Waals surface area contributed by atoms with Gasteiger partial charge in [-0.05, 0) is 50.6 Å². The van der Waals surface area contributed by atoms with Crippen LogP contribution in [0.2, 0.25) is 5.02 Å². The number of nitrogens with zero attached hydrogens (tertiary/aromatic N) is 3. The molecule has 0 saturated heterocycles. The van der Waals surface area contributed by atoms with E-state index >= 15 is 0 Å². The van der Waals surface area contributed by atoms with Crippen molar-refractivity contribution in [2.24, 2.45) is 12.0 Å². The first-order valence-corrected chi connectivity index (χ1v) is 9.63. The number of hydrogen-bond acceptors (Lipinski definition) is 4. The third kappa shape index (κ3) is 4.22. The van der Waals surface area contributed by atoms with Gasteiger partial charge < -0.3 is 9.47 Å². The second-order valence-electron chi connectivity index (χ2n) is 6.87. The van der Waals surface area contributed by atoms with E-state index in [1.54, 1.807) is 34.8 Å². The van der Waals surface area contributed by atoms with Crippen molar-refractivity contribution in [1.29, 1.82) is 0 Å². The molecule has 0 atom stereocenters. The van der Waals surface area contributed by atoms with E-state index in [9.17, 15) is 4.79 Å². The molecule has 3 rings (SSSR count). The van der Waals surface area contributed by atoms with E-state index in [1.165, 1.54) is 0 Å². The van der Waals surface area contributed by atoms with E-state index in [0.29, 0.717) is 27.8 Å². The van der Waals surface area contributed by atoms with Crippen molar-refractivity contribution in [3.05, 3.63) is 69.1 Å². The molecule has 0 N–H and O–H groups in total. The summed E-state index contributed by atoms with van der Waals surface area (Å²) in [5.41, 5.74) is 2.42. The zero-order chi connectivity index (χ0) is 21.1. The highest BCUT2D eigenvalue weighted by molar-refractivity contribution is 6.32. The maximum atomic E-state index is 13.0. The average Bonchev–Trinajstić information content (AvgIpc) is 2.91.